The first-order valence-corrected chi connectivity index (χ1v) is 8.05. The predicted octanol–water partition coefficient (Wildman–Crippen LogP) is 1.17. The van der Waals surface area contributed by atoms with E-state index in [-0.39, 0.29) is 6.42 Å². The van der Waals surface area contributed by atoms with Crippen molar-refractivity contribution in [1.29, 1.82) is 0 Å². The zero-order chi connectivity index (χ0) is 17.5. The second-order valence-electron chi connectivity index (χ2n) is 5.92. The Hall–Kier alpha value is -1.67. The van der Waals surface area contributed by atoms with Gasteiger partial charge in [-0.05, 0) is 32.1 Å². The maximum atomic E-state index is 11.9. The molecule has 1 fully saturated rings. The number of rotatable bonds is 11. The topological polar surface area (TPSA) is 127 Å². The second-order valence-corrected chi connectivity index (χ2v) is 5.92. The number of hydrogen-bond donors (Lipinski definition) is 4. The molecule has 0 amide bonds. The molecule has 0 aromatic heterocycles. The summed E-state index contributed by atoms with van der Waals surface area (Å²) in [4.78, 5) is 34.0. The smallest absolute Gasteiger partial charge is 0.326 e. The first-order chi connectivity index (χ1) is 10.9. The Labute approximate surface area is 135 Å². The standard InChI is InChI=1S/C15H26N2O6/c1-2-6-11(13(20)21)15(14(22)23)8-5-10-17(15)16-9-4-3-7-12(18)19/h11,16H,2-10H2,1H3,(H,18,19)(H,20,21)(H,22,23). The van der Waals surface area contributed by atoms with Crippen LogP contribution in [0.2, 0.25) is 0 Å². The molecule has 2 unspecified atom stereocenters. The average molecular weight is 330 g/mol. The Bertz CT molecular complexity index is 442. The lowest BCUT2D eigenvalue weighted by Gasteiger charge is -2.39. The first kappa shape index (κ1) is 19.4. The van der Waals surface area contributed by atoms with Crippen LogP contribution < -0.4 is 5.43 Å². The zero-order valence-electron chi connectivity index (χ0n) is 13.5. The summed E-state index contributed by atoms with van der Waals surface area (Å²) < 4.78 is 0. The van der Waals surface area contributed by atoms with E-state index in [2.05, 4.69) is 5.43 Å². The van der Waals surface area contributed by atoms with Crippen molar-refractivity contribution in [3.05, 3.63) is 0 Å². The fraction of sp³-hybridized carbons (Fsp3) is 0.800. The van der Waals surface area contributed by atoms with Crippen LogP contribution in [0.25, 0.3) is 0 Å². The number of hydrazine groups is 1. The van der Waals surface area contributed by atoms with Gasteiger partial charge in [0.05, 0.1) is 5.92 Å². The van der Waals surface area contributed by atoms with Crippen molar-refractivity contribution in [3.63, 3.8) is 0 Å². The van der Waals surface area contributed by atoms with Gasteiger partial charge in [-0.1, -0.05) is 13.3 Å². The van der Waals surface area contributed by atoms with Gasteiger partial charge in [0.15, 0.2) is 0 Å². The van der Waals surface area contributed by atoms with Crippen LogP contribution in [0.3, 0.4) is 0 Å². The number of carboxylic acids is 3. The van der Waals surface area contributed by atoms with Crippen molar-refractivity contribution in [2.45, 2.75) is 57.4 Å². The lowest BCUT2D eigenvalue weighted by Crippen LogP contribution is -2.62. The van der Waals surface area contributed by atoms with Gasteiger partial charge >= 0.3 is 17.9 Å². The summed E-state index contributed by atoms with van der Waals surface area (Å²) >= 11 is 0. The molecule has 0 spiro atoms. The number of carboxylic acid groups (broad SMARTS) is 3. The number of nitrogens with zero attached hydrogens (tertiary/aromatic N) is 1. The summed E-state index contributed by atoms with van der Waals surface area (Å²) in [6.07, 6.45) is 2.96. The van der Waals surface area contributed by atoms with Crippen LogP contribution in [0.5, 0.6) is 0 Å². The van der Waals surface area contributed by atoms with E-state index in [1.807, 2.05) is 6.92 Å². The van der Waals surface area contributed by atoms with E-state index >= 15 is 0 Å². The van der Waals surface area contributed by atoms with Crippen molar-refractivity contribution in [2.75, 3.05) is 13.1 Å². The van der Waals surface area contributed by atoms with Gasteiger partial charge in [-0.15, -0.1) is 0 Å². The van der Waals surface area contributed by atoms with E-state index in [4.69, 9.17) is 5.11 Å². The van der Waals surface area contributed by atoms with Gasteiger partial charge in [-0.3, -0.25) is 19.8 Å². The number of aliphatic carboxylic acids is 3. The van der Waals surface area contributed by atoms with Gasteiger partial charge in [-0.25, -0.2) is 5.01 Å². The van der Waals surface area contributed by atoms with Crippen LogP contribution in [-0.2, 0) is 14.4 Å². The Morgan fingerprint density at radius 3 is 2.43 bits per heavy atom. The molecule has 1 saturated heterocycles. The van der Waals surface area contributed by atoms with E-state index in [9.17, 15) is 24.6 Å². The molecule has 0 saturated carbocycles. The molecule has 0 radical (unpaired) electrons. The zero-order valence-corrected chi connectivity index (χ0v) is 13.5. The minimum atomic E-state index is -1.44. The fourth-order valence-corrected chi connectivity index (χ4v) is 3.27. The van der Waals surface area contributed by atoms with E-state index < -0.39 is 29.4 Å². The summed E-state index contributed by atoms with van der Waals surface area (Å²) in [7, 11) is 0. The van der Waals surface area contributed by atoms with Gasteiger partial charge < -0.3 is 15.3 Å². The third-order valence-electron chi connectivity index (χ3n) is 4.36. The number of unbranched alkanes of at least 4 members (excludes halogenated alkanes) is 1. The lowest BCUT2D eigenvalue weighted by atomic mass is 9.79. The van der Waals surface area contributed by atoms with Gasteiger partial charge in [0.25, 0.3) is 0 Å². The summed E-state index contributed by atoms with van der Waals surface area (Å²) in [6, 6.07) is 0. The average Bonchev–Trinajstić information content (AvgIpc) is 2.88. The molecule has 2 atom stereocenters. The maximum absolute atomic E-state index is 11.9. The molecule has 0 aromatic rings. The largest absolute Gasteiger partial charge is 0.481 e. The molecule has 1 aliphatic heterocycles. The van der Waals surface area contributed by atoms with Crippen molar-refractivity contribution < 1.29 is 29.7 Å². The Balaban J connectivity index is 2.77. The lowest BCUT2D eigenvalue weighted by molar-refractivity contribution is -0.166. The molecule has 0 bridgehead atoms. The van der Waals surface area contributed by atoms with Crippen LogP contribution in [0.4, 0.5) is 0 Å². The summed E-state index contributed by atoms with van der Waals surface area (Å²) in [5, 5.41) is 29.4. The molecule has 132 valence electrons. The summed E-state index contributed by atoms with van der Waals surface area (Å²) in [6.45, 7) is 2.74. The SMILES string of the molecule is CCCC(C(=O)O)C1(C(=O)O)CCCN1NCCCCC(=O)O. The highest BCUT2D eigenvalue weighted by Crippen LogP contribution is 2.37. The van der Waals surface area contributed by atoms with Gasteiger partial charge in [0, 0.05) is 19.5 Å². The molecule has 23 heavy (non-hydrogen) atoms. The van der Waals surface area contributed by atoms with Crippen LogP contribution in [0.15, 0.2) is 0 Å². The molecule has 1 heterocycles. The molecule has 0 aromatic carbocycles. The fourth-order valence-electron chi connectivity index (χ4n) is 3.27. The van der Waals surface area contributed by atoms with E-state index in [1.54, 1.807) is 5.01 Å². The third kappa shape index (κ3) is 4.65. The van der Waals surface area contributed by atoms with Crippen molar-refractivity contribution in [1.82, 2.24) is 10.4 Å². The first-order valence-electron chi connectivity index (χ1n) is 8.05. The minimum absolute atomic E-state index is 0.0688. The van der Waals surface area contributed by atoms with Crippen LogP contribution in [0, 0.1) is 5.92 Å². The predicted molar refractivity (Wildman–Crippen MR) is 81.8 cm³/mol. The highest BCUT2D eigenvalue weighted by Gasteiger charge is 2.55. The molecule has 4 N–H and O–H groups in total. The van der Waals surface area contributed by atoms with E-state index in [0.717, 1.165) is 0 Å². The van der Waals surface area contributed by atoms with Crippen molar-refractivity contribution in [3.8, 4) is 0 Å². The number of hydrogen-bond acceptors (Lipinski definition) is 5. The monoisotopic (exact) mass is 330 g/mol. The van der Waals surface area contributed by atoms with Gasteiger partial charge in [-0.2, -0.15) is 0 Å². The molecular formula is C15H26N2O6. The molecule has 8 heteroatoms. The summed E-state index contributed by atoms with van der Waals surface area (Å²) in [5.41, 5.74) is 1.58. The number of nitrogens with one attached hydrogen (secondary N) is 1. The molecule has 8 nitrogen and oxygen atoms in total. The van der Waals surface area contributed by atoms with Crippen LogP contribution in [-0.4, -0.2) is 56.9 Å². The molecular weight excluding hydrogens is 304 g/mol. The molecule has 0 aliphatic carbocycles. The summed E-state index contributed by atoms with van der Waals surface area (Å²) in [5.74, 6) is -4.04. The van der Waals surface area contributed by atoms with Gasteiger partial charge in [0.2, 0.25) is 0 Å². The van der Waals surface area contributed by atoms with Crippen LogP contribution in [0.1, 0.15) is 51.9 Å². The normalized spacial score (nSPS) is 22.8. The molecule has 1 aliphatic rings. The van der Waals surface area contributed by atoms with Crippen molar-refractivity contribution in [2.24, 2.45) is 5.92 Å². The minimum Gasteiger partial charge on any atom is -0.481 e. The van der Waals surface area contributed by atoms with E-state index in [1.165, 1.54) is 0 Å². The third-order valence-corrected chi connectivity index (χ3v) is 4.36. The van der Waals surface area contributed by atoms with Gasteiger partial charge in [0.1, 0.15) is 5.54 Å². The Morgan fingerprint density at radius 2 is 1.91 bits per heavy atom. The highest BCUT2D eigenvalue weighted by atomic mass is 16.4. The molecule has 1 rings (SSSR count). The Kier molecular flexibility index (Phi) is 7.44. The second kappa shape index (κ2) is 8.83. The number of carbonyl (C=O) groups is 3. The van der Waals surface area contributed by atoms with Crippen molar-refractivity contribution >= 4 is 17.9 Å². The highest BCUT2D eigenvalue weighted by molar-refractivity contribution is 5.87. The van der Waals surface area contributed by atoms with E-state index in [0.29, 0.717) is 51.6 Å². The van der Waals surface area contributed by atoms with Crippen LogP contribution >= 0.6 is 0 Å². The Morgan fingerprint density at radius 1 is 1.22 bits per heavy atom. The maximum Gasteiger partial charge on any atom is 0.326 e. The quantitative estimate of drug-likeness (QED) is 0.416.